The predicted molar refractivity (Wildman–Crippen MR) is 175 cm³/mol. The molecule has 236 valence electrons. The minimum Gasteiger partial charge on any atom is -0.458 e. The largest absolute Gasteiger partial charge is 0.458 e. The highest BCUT2D eigenvalue weighted by Crippen LogP contribution is 2.72. The highest BCUT2D eigenvalue weighted by Gasteiger charge is 2.78. The Morgan fingerprint density at radius 3 is 2.15 bits per heavy atom. The number of carbonyl (C=O) groups is 2. The summed E-state index contributed by atoms with van der Waals surface area (Å²) in [6.07, 6.45) is -0.648. The molecular weight excluding hydrogens is 629 g/mol. The van der Waals surface area contributed by atoms with Crippen LogP contribution < -0.4 is 5.32 Å². The third-order valence-corrected chi connectivity index (χ3v) is 10.9. The van der Waals surface area contributed by atoms with Crippen LogP contribution in [0.2, 0.25) is 10.0 Å². The zero-order valence-corrected chi connectivity index (χ0v) is 26.4. The van der Waals surface area contributed by atoms with E-state index >= 15 is 0 Å². The number of nitrogens with one attached hydrogen (secondary N) is 1. The SMILES string of the molecule is O=CO[C@@H](c1ccccc1)[C@@H](c1ccccc1)N1C[C@H](c2cccc(Cl)c2)[C@@]2(C(=O)Nc3cc(Cl)ccc32)C12CC(CF)(CF)C2. The molecule has 1 saturated carbocycles. The number of anilines is 1. The standard InChI is InChI=1S/C37H32Cl2F2N2O3/c38-27-13-7-12-26(16-27)30-18-43(32(24-8-3-1-4-9-24)33(46-23-44)25-10-5-2-6-11-25)36(19-35(20-36,21-40)22-41)37(30)29-15-14-28(39)17-31(29)42-34(37)45/h1-17,23,30,32-33H,18-22H2,(H,42,45)/t30-,32-,33+,37+/m1/s1. The molecule has 1 saturated heterocycles. The minimum atomic E-state index is -1.28. The number of alkyl halides is 2. The Morgan fingerprint density at radius 1 is 0.870 bits per heavy atom. The maximum absolute atomic E-state index is 14.9. The molecule has 2 fully saturated rings. The van der Waals surface area contributed by atoms with E-state index in [4.69, 9.17) is 27.9 Å². The summed E-state index contributed by atoms with van der Waals surface area (Å²) in [4.78, 5) is 29.2. The predicted octanol–water partition coefficient (Wildman–Crippen LogP) is 8.40. The van der Waals surface area contributed by atoms with E-state index in [9.17, 15) is 18.4 Å². The van der Waals surface area contributed by atoms with Crippen molar-refractivity contribution < 1.29 is 23.1 Å². The molecule has 2 spiro atoms. The van der Waals surface area contributed by atoms with Crippen LogP contribution in [0.4, 0.5) is 14.5 Å². The lowest BCUT2D eigenvalue weighted by Crippen LogP contribution is -2.71. The zero-order chi connectivity index (χ0) is 32.1. The van der Waals surface area contributed by atoms with Crippen LogP contribution in [0.5, 0.6) is 0 Å². The molecule has 7 rings (SSSR count). The van der Waals surface area contributed by atoms with E-state index in [1.54, 1.807) is 18.2 Å². The minimum absolute atomic E-state index is 0.0749. The fourth-order valence-corrected chi connectivity index (χ4v) is 9.11. The van der Waals surface area contributed by atoms with Gasteiger partial charge in [0, 0.05) is 39.1 Å². The molecule has 2 heterocycles. The van der Waals surface area contributed by atoms with Gasteiger partial charge in [-0.3, -0.25) is 23.3 Å². The summed E-state index contributed by atoms with van der Waals surface area (Å²) in [5, 5.41) is 4.07. The lowest BCUT2D eigenvalue weighted by molar-refractivity contribution is -0.164. The molecule has 0 unspecified atom stereocenters. The van der Waals surface area contributed by atoms with E-state index in [0.29, 0.717) is 28.7 Å². The number of nitrogens with zero attached hydrogens (tertiary/aromatic N) is 1. The first-order valence-electron chi connectivity index (χ1n) is 15.3. The number of hydrogen-bond acceptors (Lipinski definition) is 4. The van der Waals surface area contributed by atoms with Crippen LogP contribution >= 0.6 is 23.2 Å². The van der Waals surface area contributed by atoms with Gasteiger partial charge in [0.1, 0.15) is 11.5 Å². The fraction of sp³-hybridized carbons (Fsp3) is 0.297. The van der Waals surface area contributed by atoms with Gasteiger partial charge in [0.05, 0.1) is 19.4 Å². The van der Waals surface area contributed by atoms with Crippen molar-refractivity contribution in [3.63, 3.8) is 0 Å². The van der Waals surface area contributed by atoms with Crippen molar-refractivity contribution in [2.75, 3.05) is 25.2 Å². The first-order valence-corrected chi connectivity index (χ1v) is 16.0. The first-order chi connectivity index (χ1) is 22.3. The summed E-state index contributed by atoms with van der Waals surface area (Å²) in [7, 11) is 0. The number of ether oxygens (including phenoxy) is 1. The van der Waals surface area contributed by atoms with Gasteiger partial charge in [0.2, 0.25) is 5.91 Å². The molecule has 1 amide bonds. The van der Waals surface area contributed by atoms with Gasteiger partial charge < -0.3 is 10.1 Å². The van der Waals surface area contributed by atoms with Gasteiger partial charge in [0.25, 0.3) is 6.47 Å². The topological polar surface area (TPSA) is 58.6 Å². The Labute approximate surface area is 276 Å². The third kappa shape index (κ3) is 4.50. The van der Waals surface area contributed by atoms with Crippen molar-refractivity contribution in [2.45, 2.75) is 41.9 Å². The van der Waals surface area contributed by atoms with Crippen molar-refractivity contribution in [3.8, 4) is 0 Å². The third-order valence-electron chi connectivity index (χ3n) is 10.4. The van der Waals surface area contributed by atoms with Crippen LogP contribution in [0.1, 0.15) is 53.2 Å². The summed E-state index contributed by atoms with van der Waals surface area (Å²) in [6, 6.07) is 31.2. The van der Waals surface area contributed by atoms with E-state index in [-0.39, 0.29) is 18.7 Å². The number of fused-ring (bicyclic) bond motifs is 3. The molecule has 4 aromatic carbocycles. The van der Waals surface area contributed by atoms with E-state index in [1.807, 2.05) is 84.9 Å². The summed E-state index contributed by atoms with van der Waals surface area (Å²) in [6.45, 7) is -0.978. The molecule has 4 atom stereocenters. The average molecular weight is 662 g/mol. The van der Waals surface area contributed by atoms with Gasteiger partial charge in [-0.15, -0.1) is 0 Å². The highest BCUT2D eigenvalue weighted by molar-refractivity contribution is 6.31. The van der Waals surface area contributed by atoms with Gasteiger partial charge in [-0.2, -0.15) is 0 Å². The number of carbonyl (C=O) groups excluding carboxylic acids is 2. The Hall–Kier alpha value is -3.78. The lowest BCUT2D eigenvalue weighted by atomic mass is 9.45. The summed E-state index contributed by atoms with van der Waals surface area (Å²) < 4.78 is 35.6. The Bertz CT molecular complexity index is 1760. The summed E-state index contributed by atoms with van der Waals surface area (Å²) in [5.74, 6) is -0.743. The second kappa shape index (κ2) is 11.8. The maximum Gasteiger partial charge on any atom is 0.293 e. The number of halogens is 4. The highest BCUT2D eigenvalue weighted by atomic mass is 35.5. The van der Waals surface area contributed by atoms with Gasteiger partial charge in [-0.1, -0.05) is 102 Å². The Balaban J connectivity index is 1.53. The molecule has 0 bridgehead atoms. The Kier molecular flexibility index (Phi) is 7.90. The zero-order valence-electron chi connectivity index (χ0n) is 24.8. The number of hydrogen-bond donors (Lipinski definition) is 1. The van der Waals surface area contributed by atoms with E-state index in [1.165, 1.54) is 0 Å². The lowest BCUT2D eigenvalue weighted by Gasteiger charge is -2.63. The molecule has 3 aliphatic rings. The van der Waals surface area contributed by atoms with Crippen LogP contribution in [0.3, 0.4) is 0 Å². The number of rotatable bonds is 9. The fourth-order valence-electron chi connectivity index (χ4n) is 8.73. The molecule has 9 heteroatoms. The quantitative estimate of drug-likeness (QED) is 0.183. The molecule has 5 nitrogen and oxygen atoms in total. The second-order valence-electron chi connectivity index (χ2n) is 12.8. The van der Waals surface area contributed by atoms with Crippen LogP contribution in [-0.2, 0) is 19.7 Å². The van der Waals surface area contributed by atoms with Crippen molar-refractivity contribution >= 4 is 41.3 Å². The average Bonchev–Trinajstić information content (AvgIpc) is 3.52. The molecule has 4 aromatic rings. The summed E-state index contributed by atoms with van der Waals surface area (Å²) >= 11 is 13.0. The number of benzene rings is 4. The molecule has 0 aromatic heterocycles. The van der Waals surface area contributed by atoms with E-state index in [2.05, 4.69) is 10.2 Å². The van der Waals surface area contributed by atoms with Gasteiger partial charge in [-0.25, -0.2) is 0 Å². The maximum atomic E-state index is 14.9. The van der Waals surface area contributed by atoms with Crippen LogP contribution in [0.15, 0.2) is 103 Å². The molecule has 1 N–H and O–H groups in total. The molecular formula is C37H32Cl2F2N2O3. The van der Waals surface area contributed by atoms with Gasteiger partial charge in [-0.05, 0) is 59.4 Å². The van der Waals surface area contributed by atoms with Crippen LogP contribution in [-0.4, -0.2) is 42.7 Å². The van der Waals surface area contributed by atoms with Crippen LogP contribution in [0.25, 0.3) is 0 Å². The van der Waals surface area contributed by atoms with Crippen molar-refractivity contribution in [2.24, 2.45) is 5.41 Å². The normalized spacial score (nSPS) is 23.8. The molecule has 46 heavy (non-hydrogen) atoms. The second-order valence-corrected chi connectivity index (χ2v) is 13.7. The van der Waals surface area contributed by atoms with Gasteiger partial charge in [0.15, 0.2) is 0 Å². The van der Waals surface area contributed by atoms with E-state index < -0.39 is 47.8 Å². The molecule has 0 radical (unpaired) electrons. The molecule has 2 aliphatic heterocycles. The van der Waals surface area contributed by atoms with Gasteiger partial charge >= 0.3 is 0 Å². The van der Waals surface area contributed by atoms with Crippen molar-refractivity contribution in [1.29, 1.82) is 0 Å². The monoisotopic (exact) mass is 660 g/mol. The smallest absolute Gasteiger partial charge is 0.293 e. The van der Waals surface area contributed by atoms with E-state index in [0.717, 1.165) is 22.3 Å². The first kappa shape index (κ1) is 30.9. The molecule has 1 aliphatic carbocycles. The number of amides is 1. The number of likely N-dealkylation sites (tertiary alicyclic amines) is 1. The summed E-state index contributed by atoms with van der Waals surface area (Å²) in [5.41, 5.74) is 0.0882. The van der Waals surface area contributed by atoms with Crippen LogP contribution in [0, 0.1) is 5.41 Å². The Morgan fingerprint density at radius 2 is 1.52 bits per heavy atom. The van der Waals surface area contributed by atoms with Crippen molar-refractivity contribution in [1.82, 2.24) is 4.90 Å². The van der Waals surface area contributed by atoms with Crippen molar-refractivity contribution in [3.05, 3.63) is 135 Å².